The van der Waals surface area contributed by atoms with Gasteiger partial charge in [0.05, 0.1) is 6.04 Å². The Bertz CT molecular complexity index is 532. The van der Waals surface area contributed by atoms with Crippen LogP contribution in [0.25, 0.3) is 0 Å². The molecule has 22 heavy (non-hydrogen) atoms. The number of rotatable bonds is 3. The molecule has 1 heterocycles. The summed E-state index contributed by atoms with van der Waals surface area (Å²) in [6.07, 6.45) is 0.644. The highest BCUT2D eigenvalue weighted by molar-refractivity contribution is 5.75. The van der Waals surface area contributed by atoms with Crippen molar-refractivity contribution in [3.8, 4) is 0 Å². The summed E-state index contributed by atoms with van der Waals surface area (Å²) in [7, 11) is 1.77. The van der Waals surface area contributed by atoms with Crippen molar-refractivity contribution in [3.05, 3.63) is 35.9 Å². The van der Waals surface area contributed by atoms with Gasteiger partial charge in [-0.15, -0.1) is 0 Å². The minimum absolute atomic E-state index is 0.00349. The van der Waals surface area contributed by atoms with Crippen LogP contribution in [-0.2, 0) is 9.59 Å². The molecular formula is C17H24N2O3. The fraction of sp³-hybridized carbons (Fsp3) is 0.529. The van der Waals surface area contributed by atoms with Crippen molar-refractivity contribution >= 4 is 11.8 Å². The molecule has 0 aromatic heterocycles. The van der Waals surface area contributed by atoms with E-state index in [0.29, 0.717) is 13.0 Å². The maximum absolute atomic E-state index is 12.0. The zero-order valence-electron chi connectivity index (χ0n) is 13.4. The van der Waals surface area contributed by atoms with Gasteiger partial charge in [-0.2, -0.15) is 0 Å². The number of aliphatic hydroxyl groups is 1. The Kier molecular flexibility index (Phi) is 5.19. The maximum atomic E-state index is 12.0. The molecule has 0 radical (unpaired) electrons. The quantitative estimate of drug-likeness (QED) is 0.919. The number of amides is 2. The molecule has 1 saturated heterocycles. The molecule has 0 aliphatic carbocycles. The van der Waals surface area contributed by atoms with Crippen molar-refractivity contribution in [1.29, 1.82) is 0 Å². The lowest BCUT2D eigenvalue weighted by Crippen LogP contribution is -2.54. The number of benzene rings is 1. The molecule has 5 heteroatoms. The van der Waals surface area contributed by atoms with Gasteiger partial charge >= 0.3 is 0 Å². The van der Waals surface area contributed by atoms with Crippen LogP contribution in [0.15, 0.2) is 30.3 Å². The number of carbonyl (C=O) groups excluding carboxylic acids is 2. The van der Waals surface area contributed by atoms with E-state index in [9.17, 15) is 14.7 Å². The first-order chi connectivity index (χ1) is 10.5. The van der Waals surface area contributed by atoms with E-state index in [1.54, 1.807) is 23.8 Å². The van der Waals surface area contributed by atoms with Crippen LogP contribution in [0, 0.1) is 5.92 Å². The lowest BCUT2D eigenvalue weighted by molar-refractivity contribution is -0.140. The number of aliphatic hydroxyl groups excluding tert-OH is 1. The van der Waals surface area contributed by atoms with Crippen molar-refractivity contribution in [1.82, 2.24) is 9.80 Å². The zero-order chi connectivity index (χ0) is 16.3. The first-order valence-electron chi connectivity index (χ1n) is 7.62. The van der Waals surface area contributed by atoms with E-state index in [4.69, 9.17) is 0 Å². The Morgan fingerprint density at radius 3 is 2.41 bits per heavy atom. The topological polar surface area (TPSA) is 60.9 Å². The Hall–Kier alpha value is -1.88. The fourth-order valence-electron chi connectivity index (χ4n) is 3.28. The zero-order valence-corrected chi connectivity index (χ0v) is 13.4. The fourth-order valence-corrected chi connectivity index (χ4v) is 3.28. The highest BCUT2D eigenvalue weighted by atomic mass is 16.3. The van der Waals surface area contributed by atoms with Crippen LogP contribution in [0.4, 0.5) is 0 Å². The van der Waals surface area contributed by atoms with E-state index in [-0.39, 0.29) is 36.4 Å². The van der Waals surface area contributed by atoms with Crippen molar-refractivity contribution in [2.24, 2.45) is 5.92 Å². The van der Waals surface area contributed by atoms with Crippen LogP contribution in [0.3, 0.4) is 0 Å². The standard InChI is InChI=1S/C17H24N2O3/c1-12(21)18(3)16-9-17(14-7-5-4-6-8-14)19(13(2)22)10-15(16)11-20/h4-8,15-17,20H,9-11H2,1-3H3/t15-,16-,17-/m0/s1. The highest BCUT2D eigenvalue weighted by Gasteiger charge is 2.39. The molecule has 5 nitrogen and oxygen atoms in total. The molecule has 0 spiro atoms. The molecule has 120 valence electrons. The number of likely N-dealkylation sites (tertiary alicyclic amines) is 1. The lowest BCUT2D eigenvalue weighted by atomic mass is 9.84. The van der Waals surface area contributed by atoms with Crippen LogP contribution in [-0.4, -0.2) is 53.0 Å². The van der Waals surface area contributed by atoms with Crippen molar-refractivity contribution < 1.29 is 14.7 Å². The Balaban J connectivity index is 2.33. The summed E-state index contributed by atoms with van der Waals surface area (Å²) in [5.41, 5.74) is 1.07. The van der Waals surface area contributed by atoms with Gasteiger partial charge in [0.15, 0.2) is 0 Å². The third-order valence-corrected chi connectivity index (χ3v) is 4.63. The number of hydrogen-bond donors (Lipinski definition) is 1. The summed E-state index contributed by atoms with van der Waals surface area (Å²) in [6, 6.07) is 9.73. The first-order valence-corrected chi connectivity index (χ1v) is 7.62. The number of piperidine rings is 1. The predicted molar refractivity (Wildman–Crippen MR) is 84.0 cm³/mol. The molecule has 2 rings (SSSR count). The van der Waals surface area contributed by atoms with Crippen LogP contribution in [0.5, 0.6) is 0 Å². The van der Waals surface area contributed by atoms with E-state index in [2.05, 4.69) is 0 Å². The smallest absolute Gasteiger partial charge is 0.219 e. The van der Waals surface area contributed by atoms with Gasteiger partial charge < -0.3 is 14.9 Å². The summed E-state index contributed by atoms with van der Waals surface area (Å²) < 4.78 is 0. The summed E-state index contributed by atoms with van der Waals surface area (Å²) in [6.45, 7) is 3.52. The van der Waals surface area contributed by atoms with Gasteiger partial charge in [-0.05, 0) is 12.0 Å². The van der Waals surface area contributed by atoms with Crippen LogP contribution >= 0.6 is 0 Å². The lowest BCUT2D eigenvalue weighted by Gasteiger charge is -2.46. The molecule has 1 aliphatic rings. The number of hydrogen-bond acceptors (Lipinski definition) is 3. The summed E-state index contributed by atoms with van der Waals surface area (Å²) >= 11 is 0. The van der Waals surface area contributed by atoms with Crippen LogP contribution in [0.2, 0.25) is 0 Å². The second kappa shape index (κ2) is 6.92. The third-order valence-electron chi connectivity index (χ3n) is 4.63. The first kappa shape index (κ1) is 16.5. The second-order valence-corrected chi connectivity index (χ2v) is 5.97. The molecule has 1 aliphatic heterocycles. The number of carbonyl (C=O) groups is 2. The third kappa shape index (κ3) is 3.30. The van der Waals surface area contributed by atoms with Crippen molar-refractivity contribution in [2.75, 3.05) is 20.2 Å². The van der Waals surface area contributed by atoms with E-state index < -0.39 is 0 Å². The molecule has 1 N–H and O–H groups in total. The van der Waals surface area contributed by atoms with Crippen molar-refractivity contribution in [2.45, 2.75) is 32.4 Å². The normalized spacial score (nSPS) is 24.9. The SMILES string of the molecule is CC(=O)N(C)[C@H]1C[C@@H](c2ccccc2)N(C(C)=O)C[C@H]1CO. The van der Waals surface area contributed by atoms with Crippen LogP contribution < -0.4 is 0 Å². The van der Waals surface area contributed by atoms with Crippen LogP contribution in [0.1, 0.15) is 31.9 Å². The van der Waals surface area contributed by atoms with Gasteiger partial charge in [0, 0.05) is 46.0 Å². The molecule has 0 bridgehead atoms. The molecule has 1 aromatic carbocycles. The van der Waals surface area contributed by atoms with Crippen molar-refractivity contribution in [3.63, 3.8) is 0 Å². The van der Waals surface area contributed by atoms with Gasteiger partial charge in [-0.25, -0.2) is 0 Å². The Labute approximate surface area is 131 Å². The molecule has 2 amide bonds. The van der Waals surface area contributed by atoms with E-state index in [1.807, 2.05) is 30.3 Å². The van der Waals surface area contributed by atoms with Gasteiger partial charge in [0.1, 0.15) is 0 Å². The summed E-state index contributed by atoms with van der Waals surface area (Å²) in [4.78, 5) is 27.2. The van der Waals surface area contributed by atoms with E-state index in [1.165, 1.54) is 6.92 Å². The second-order valence-electron chi connectivity index (χ2n) is 5.97. The van der Waals surface area contributed by atoms with E-state index >= 15 is 0 Å². The molecule has 3 atom stereocenters. The molecule has 0 unspecified atom stereocenters. The largest absolute Gasteiger partial charge is 0.396 e. The average Bonchev–Trinajstić information content (AvgIpc) is 2.53. The van der Waals surface area contributed by atoms with Gasteiger partial charge in [0.25, 0.3) is 0 Å². The predicted octanol–water partition coefficient (Wildman–Crippen LogP) is 1.44. The Morgan fingerprint density at radius 1 is 1.27 bits per heavy atom. The summed E-state index contributed by atoms with van der Waals surface area (Å²) in [5.74, 6) is -0.138. The highest BCUT2D eigenvalue weighted by Crippen LogP contribution is 2.35. The molecular weight excluding hydrogens is 280 g/mol. The number of nitrogens with zero attached hydrogens (tertiary/aromatic N) is 2. The van der Waals surface area contributed by atoms with Gasteiger partial charge in [-0.3, -0.25) is 9.59 Å². The minimum atomic E-state index is -0.113. The molecule has 0 saturated carbocycles. The van der Waals surface area contributed by atoms with E-state index in [0.717, 1.165) is 5.56 Å². The molecule has 1 fully saturated rings. The molecule has 1 aromatic rings. The maximum Gasteiger partial charge on any atom is 0.219 e. The monoisotopic (exact) mass is 304 g/mol. The van der Waals surface area contributed by atoms with Gasteiger partial charge in [0.2, 0.25) is 11.8 Å². The van der Waals surface area contributed by atoms with Gasteiger partial charge in [-0.1, -0.05) is 30.3 Å². The minimum Gasteiger partial charge on any atom is -0.396 e. The Morgan fingerprint density at radius 2 is 1.91 bits per heavy atom. The average molecular weight is 304 g/mol. The summed E-state index contributed by atoms with van der Waals surface area (Å²) in [5, 5.41) is 9.67.